The largest absolute Gasteiger partial charge is 0.389 e. The average Bonchev–Trinajstić information content (AvgIpc) is 3.21. The van der Waals surface area contributed by atoms with Crippen LogP contribution < -0.4 is 10.2 Å². The first-order valence-corrected chi connectivity index (χ1v) is 8.74. The number of hydrogen-bond donors (Lipinski definition) is 3. The first-order valence-electron chi connectivity index (χ1n) is 8.74. The van der Waals surface area contributed by atoms with E-state index in [9.17, 15) is 5.11 Å². The predicted octanol–water partition coefficient (Wildman–Crippen LogP) is 1.11. The lowest BCUT2D eigenvalue weighted by Gasteiger charge is -2.36. The zero-order valence-electron chi connectivity index (χ0n) is 14.6. The summed E-state index contributed by atoms with van der Waals surface area (Å²) < 4.78 is 5.51. The van der Waals surface area contributed by atoms with E-state index in [1.165, 1.54) is 0 Å². The van der Waals surface area contributed by atoms with Gasteiger partial charge < -0.3 is 20.1 Å². The van der Waals surface area contributed by atoms with E-state index in [1.54, 1.807) is 0 Å². The number of aliphatic hydroxyl groups is 1. The summed E-state index contributed by atoms with van der Waals surface area (Å²) in [5, 5.41) is 20.2. The summed E-state index contributed by atoms with van der Waals surface area (Å²) in [6.45, 7) is 7.34. The Morgan fingerprint density at radius 2 is 2.20 bits per heavy atom. The molecular formula is C17H24N6O2. The molecule has 0 radical (unpaired) electrons. The summed E-state index contributed by atoms with van der Waals surface area (Å²) in [5.41, 5.74) is 4.22. The minimum Gasteiger partial charge on any atom is -0.389 e. The van der Waals surface area contributed by atoms with Crippen LogP contribution in [0, 0.1) is 13.8 Å². The Labute approximate surface area is 146 Å². The molecule has 4 heterocycles. The van der Waals surface area contributed by atoms with Crippen LogP contribution in [0.2, 0.25) is 0 Å². The molecule has 0 bridgehead atoms. The van der Waals surface area contributed by atoms with Gasteiger partial charge in [0.1, 0.15) is 5.82 Å². The maximum absolute atomic E-state index is 9.58. The number of aromatic amines is 1. The number of ether oxygens (including phenoxy) is 1. The summed E-state index contributed by atoms with van der Waals surface area (Å²) in [7, 11) is 0. The highest BCUT2D eigenvalue weighted by atomic mass is 16.5. The fraction of sp³-hybridized carbons (Fsp3) is 0.588. The number of aliphatic hydroxyl groups excluding tert-OH is 1. The van der Waals surface area contributed by atoms with Crippen molar-refractivity contribution in [2.24, 2.45) is 0 Å². The van der Waals surface area contributed by atoms with Gasteiger partial charge in [0, 0.05) is 49.5 Å². The maximum atomic E-state index is 9.58. The van der Waals surface area contributed by atoms with Crippen LogP contribution in [-0.2, 0) is 11.3 Å². The summed E-state index contributed by atoms with van der Waals surface area (Å²) >= 11 is 0. The quantitative estimate of drug-likeness (QED) is 0.747. The second-order valence-electron chi connectivity index (χ2n) is 6.86. The van der Waals surface area contributed by atoms with Crippen molar-refractivity contribution in [3.63, 3.8) is 0 Å². The van der Waals surface area contributed by atoms with Gasteiger partial charge in [-0.05, 0) is 20.3 Å². The standard InChI is InChI=1S/C17H24N6O2/c1-10-14(11(2)22-21-10)6-18-16-5-15(12-3-4-25-9-12)19-17(20-16)23-7-13(24)8-23/h5,12-13,24H,3-4,6-9H2,1-2H3,(H,21,22)(H,18,19,20)/t12-/m1/s1. The van der Waals surface area contributed by atoms with Crippen molar-refractivity contribution in [2.45, 2.75) is 38.8 Å². The molecule has 2 fully saturated rings. The zero-order valence-corrected chi connectivity index (χ0v) is 14.6. The zero-order chi connectivity index (χ0) is 17.4. The van der Waals surface area contributed by atoms with Gasteiger partial charge >= 0.3 is 0 Å². The van der Waals surface area contributed by atoms with Crippen LogP contribution in [0.4, 0.5) is 11.8 Å². The van der Waals surface area contributed by atoms with E-state index in [1.807, 2.05) is 24.8 Å². The Bertz CT molecular complexity index is 730. The van der Waals surface area contributed by atoms with Gasteiger partial charge in [-0.1, -0.05) is 0 Å². The van der Waals surface area contributed by atoms with Crippen LogP contribution in [0.3, 0.4) is 0 Å². The molecule has 0 aromatic carbocycles. The molecule has 0 spiro atoms. The lowest BCUT2D eigenvalue weighted by Crippen LogP contribution is -2.51. The SMILES string of the molecule is Cc1n[nH]c(C)c1CNc1cc([C@@H]2CCOC2)nc(N2CC(O)C2)n1. The fourth-order valence-electron chi connectivity index (χ4n) is 3.29. The predicted molar refractivity (Wildman–Crippen MR) is 93.8 cm³/mol. The molecule has 0 aliphatic carbocycles. The molecule has 2 aromatic rings. The molecule has 8 nitrogen and oxygen atoms in total. The van der Waals surface area contributed by atoms with Crippen molar-refractivity contribution in [3.05, 3.63) is 28.7 Å². The van der Waals surface area contributed by atoms with Crippen molar-refractivity contribution in [1.29, 1.82) is 0 Å². The smallest absolute Gasteiger partial charge is 0.227 e. The molecule has 134 valence electrons. The van der Waals surface area contributed by atoms with E-state index in [2.05, 4.69) is 20.5 Å². The number of nitrogens with zero attached hydrogens (tertiary/aromatic N) is 4. The number of rotatable bonds is 5. The van der Waals surface area contributed by atoms with Crippen molar-refractivity contribution >= 4 is 11.8 Å². The summed E-state index contributed by atoms with van der Waals surface area (Å²) in [5.74, 6) is 1.79. The number of nitrogens with one attached hydrogen (secondary N) is 2. The van der Waals surface area contributed by atoms with E-state index < -0.39 is 0 Å². The topological polar surface area (TPSA) is 99.2 Å². The van der Waals surface area contributed by atoms with Crippen LogP contribution in [0.1, 0.15) is 35.0 Å². The fourth-order valence-corrected chi connectivity index (χ4v) is 3.29. The highest BCUT2D eigenvalue weighted by Gasteiger charge is 2.28. The Hall–Kier alpha value is -2.19. The van der Waals surface area contributed by atoms with Gasteiger partial charge in [-0.3, -0.25) is 5.10 Å². The van der Waals surface area contributed by atoms with Crippen LogP contribution in [-0.4, -0.2) is 57.7 Å². The molecule has 0 amide bonds. The van der Waals surface area contributed by atoms with Crippen LogP contribution in [0.25, 0.3) is 0 Å². The molecule has 2 saturated heterocycles. The number of hydrogen-bond acceptors (Lipinski definition) is 7. The van der Waals surface area contributed by atoms with E-state index >= 15 is 0 Å². The molecule has 4 rings (SSSR count). The van der Waals surface area contributed by atoms with Crippen molar-refractivity contribution in [1.82, 2.24) is 20.2 Å². The summed E-state index contributed by atoms with van der Waals surface area (Å²) in [6.07, 6.45) is 0.702. The molecule has 0 unspecified atom stereocenters. The lowest BCUT2D eigenvalue weighted by atomic mass is 10.0. The van der Waals surface area contributed by atoms with E-state index in [0.29, 0.717) is 38.1 Å². The minimum atomic E-state index is -0.283. The van der Waals surface area contributed by atoms with E-state index in [4.69, 9.17) is 9.72 Å². The normalized spacial score (nSPS) is 20.8. The second-order valence-corrected chi connectivity index (χ2v) is 6.86. The highest BCUT2D eigenvalue weighted by Crippen LogP contribution is 2.28. The summed E-state index contributed by atoms with van der Waals surface area (Å²) in [4.78, 5) is 11.4. The van der Waals surface area contributed by atoms with Gasteiger partial charge in [0.25, 0.3) is 0 Å². The molecule has 2 aliphatic rings. The van der Waals surface area contributed by atoms with E-state index in [0.717, 1.165) is 41.5 Å². The molecule has 8 heteroatoms. The number of H-pyrrole nitrogens is 1. The van der Waals surface area contributed by atoms with Crippen LogP contribution in [0.5, 0.6) is 0 Å². The van der Waals surface area contributed by atoms with Gasteiger partial charge in [-0.25, -0.2) is 4.98 Å². The van der Waals surface area contributed by atoms with Crippen molar-refractivity contribution in [2.75, 3.05) is 36.5 Å². The highest BCUT2D eigenvalue weighted by molar-refractivity contribution is 5.47. The molecule has 2 aromatic heterocycles. The number of aromatic nitrogens is 4. The van der Waals surface area contributed by atoms with Crippen molar-refractivity contribution in [3.8, 4) is 0 Å². The number of anilines is 2. The average molecular weight is 344 g/mol. The summed E-state index contributed by atoms with van der Waals surface area (Å²) in [6, 6.07) is 2.02. The van der Waals surface area contributed by atoms with Crippen LogP contribution in [0.15, 0.2) is 6.07 Å². The third kappa shape index (κ3) is 3.32. The monoisotopic (exact) mass is 344 g/mol. The Kier molecular flexibility index (Phi) is 4.30. The Balaban J connectivity index is 1.57. The first-order chi connectivity index (χ1) is 12.1. The van der Waals surface area contributed by atoms with Gasteiger partial charge in [0.15, 0.2) is 0 Å². The second kappa shape index (κ2) is 6.61. The molecular weight excluding hydrogens is 320 g/mol. The molecule has 3 N–H and O–H groups in total. The molecule has 25 heavy (non-hydrogen) atoms. The van der Waals surface area contributed by atoms with E-state index in [-0.39, 0.29) is 6.10 Å². The third-order valence-corrected chi connectivity index (χ3v) is 4.95. The molecule has 0 saturated carbocycles. The van der Waals surface area contributed by atoms with Crippen LogP contribution >= 0.6 is 0 Å². The van der Waals surface area contributed by atoms with Gasteiger partial charge in [-0.15, -0.1) is 0 Å². The van der Waals surface area contributed by atoms with Gasteiger partial charge in [0.2, 0.25) is 5.95 Å². The van der Waals surface area contributed by atoms with Crippen molar-refractivity contribution < 1.29 is 9.84 Å². The third-order valence-electron chi connectivity index (χ3n) is 4.95. The molecule has 2 aliphatic heterocycles. The Morgan fingerprint density at radius 1 is 1.36 bits per heavy atom. The Morgan fingerprint density at radius 3 is 2.84 bits per heavy atom. The minimum absolute atomic E-state index is 0.283. The lowest BCUT2D eigenvalue weighted by molar-refractivity contribution is 0.140. The first kappa shape index (κ1) is 16.3. The number of aryl methyl sites for hydroxylation is 2. The maximum Gasteiger partial charge on any atom is 0.227 e. The van der Waals surface area contributed by atoms with Gasteiger partial charge in [0.05, 0.1) is 24.1 Å². The molecule has 1 atom stereocenters. The number of β-amino-alcohol motifs (C(OH)–C–C–N with tert-alkyl or cyclic N) is 1. The van der Waals surface area contributed by atoms with Gasteiger partial charge in [-0.2, -0.15) is 10.1 Å².